The fourth-order valence-electron chi connectivity index (χ4n) is 2.93. The predicted octanol–water partition coefficient (Wildman–Crippen LogP) is -0.0546. The Morgan fingerprint density at radius 2 is 2.06 bits per heavy atom. The molecule has 2 amide bonds. The minimum atomic E-state index is -0.274. The molecule has 0 aliphatic carbocycles. The minimum absolute atomic E-state index is 0.0455. The monoisotopic (exact) mass is 239 g/mol. The molecule has 96 valence electrons. The molecule has 3 atom stereocenters. The van der Waals surface area contributed by atoms with Crippen molar-refractivity contribution < 1.29 is 9.59 Å². The molecule has 2 saturated heterocycles. The number of nitrogens with two attached hydrogens (primary N) is 1. The number of imide groups is 1. The molecule has 0 saturated carbocycles. The van der Waals surface area contributed by atoms with Gasteiger partial charge in [0.1, 0.15) is 0 Å². The van der Waals surface area contributed by atoms with Crippen LogP contribution in [-0.4, -0.2) is 53.3 Å². The Hall–Kier alpha value is -0.940. The average molecular weight is 239 g/mol. The number of nitrogens with zero attached hydrogens (tertiary/aromatic N) is 2. The Labute approximate surface area is 102 Å². The lowest BCUT2D eigenvalue weighted by Crippen LogP contribution is -2.55. The number of carbonyl (C=O) groups is 2. The van der Waals surface area contributed by atoms with E-state index in [9.17, 15) is 9.59 Å². The molecule has 0 spiro atoms. The highest BCUT2D eigenvalue weighted by atomic mass is 16.2. The van der Waals surface area contributed by atoms with E-state index >= 15 is 0 Å². The van der Waals surface area contributed by atoms with Gasteiger partial charge in [-0.3, -0.25) is 19.4 Å². The highest BCUT2D eigenvalue weighted by Crippen LogP contribution is 2.26. The molecule has 0 aromatic carbocycles. The number of hydrogen-bond donors (Lipinski definition) is 1. The van der Waals surface area contributed by atoms with Crippen molar-refractivity contribution in [1.29, 1.82) is 0 Å². The summed E-state index contributed by atoms with van der Waals surface area (Å²) in [5.41, 5.74) is 5.99. The van der Waals surface area contributed by atoms with E-state index in [1.165, 1.54) is 4.90 Å². The number of piperidine rings is 1. The van der Waals surface area contributed by atoms with Gasteiger partial charge in [-0.2, -0.15) is 0 Å². The summed E-state index contributed by atoms with van der Waals surface area (Å²) in [6.45, 7) is 2.86. The maximum Gasteiger partial charge on any atom is 0.246 e. The van der Waals surface area contributed by atoms with Crippen molar-refractivity contribution in [2.45, 2.75) is 50.7 Å². The number of likely N-dealkylation sites (N-methyl/N-ethyl adjacent to an activating group) is 1. The fraction of sp³-hybridized carbons (Fsp3) is 0.833. The fourth-order valence-corrected chi connectivity index (χ4v) is 2.93. The largest absolute Gasteiger partial charge is 0.327 e. The molecule has 5 heteroatoms. The molecule has 2 rings (SSSR count). The third kappa shape index (κ3) is 2.21. The summed E-state index contributed by atoms with van der Waals surface area (Å²) in [6.07, 6.45) is 3.59. The van der Waals surface area contributed by atoms with Gasteiger partial charge in [-0.15, -0.1) is 0 Å². The highest BCUT2D eigenvalue weighted by Gasteiger charge is 2.43. The number of hydrogen-bond acceptors (Lipinski definition) is 4. The van der Waals surface area contributed by atoms with Gasteiger partial charge in [-0.05, 0) is 26.3 Å². The standard InChI is InChI=1S/C12H21N3O2/c1-8(13)9-5-3-4-6-15(9)10-7-11(16)14(2)12(10)17/h8-10H,3-7,13H2,1-2H3. The second kappa shape index (κ2) is 4.74. The number of rotatable bonds is 2. The van der Waals surface area contributed by atoms with Crippen LogP contribution in [0.1, 0.15) is 32.6 Å². The van der Waals surface area contributed by atoms with Gasteiger partial charge >= 0.3 is 0 Å². The van der Waals surface area contributed by atoms with Crippen molar-refractivity contribution in [3.8, 4) is 0 Å². The first-order valence-electron chi connectivity index (χ1n) is 6.34. The Balaban J connectivity index is 2.15. The summed E-state index contributed by atoms with van der Waals surface area (Å²) in [5, 5.41) is 0. The maximum absolute atomic E-state index is 12.0. The third-order valence-corrected chi connectivity index (χ3v) is 3.96. The summed E-state index contributed by atoms with van der Waals surface area (Å²) in [5.74, 6) is -0.142. The lowest BCUT2D eigenvalue weighted by molar-refractivity contribution is -0.138. The summed E-state index contributed by atoms with van der Waals surface area (Å²) >= 11 is 0. The van der Waals surface area contributed by atoms with E-state index in [0.29, 0.717) is 6.42 Å². The summed E-state index contributed by atoms with van der Waals surface area (Å²) in [7, 11) is 1.56. The zero-order valence-corrected chi connectivity index (χ0v) is 10.6. The molecule has 5 nitrogen and oxygen atoms in total. The molecule has 0 radical (unpaired) electrons. The summed E-state index contributed by atoms with van der Waals surface area (Å²) < 4.78 is 0. The van der Waals surface area contributed by atoms with Crippen LogP contribution in [0.3, 0.4) is 0 Å². The van der Waals surface area contributed by atoms with E-state index in [2.05, 4.69) is 4.90 Å². The van der Waals surface area contributed by atoms with Crippen LogP contribution in [0.4, 0.5) is 0 Å². The second-order valence-corrected chi connectivity index (χ2v) is 5.17. The molecule has 2 aliphatic heterocycles. The molecule has 0 bridgehead atoms. The van der Waals surface area contributed by atoms with Crippen molar-refractivity contribution >= 4 is 11.8 Å². The molecule has 2 heterocycles. The molecule has 0 aromatic rings. The van der Waals surface area contributed by atoms with Crippen LogP contribution in [0.25, 0.3) is 0 Å². The number of carbonyl (C=O) groups excluding carboxylic acids is 2. The molecular weight excluding hydrogens is 218 g/mol. The van der Waals surface area contributed by atoms with Gasteiger partial charge < -0.3 is 5.73 Å². The zero-order chi connectivity index (χ0) is 12.6. The molecule has 17 heavy (non-hydrogen) atoms. The molecule has 3 unspecified atom stereocenters. The first-order valence-corrected chi connectivity index (χ1v) is 6.34. The lowest BCUT2D eigenvalue weighted by Gasteiger charge is -2.40. The van der Waals surface area contributed by atoms with Crippen molar-refractivity contribution in [2.75, 3.05) is 13.6 Å². The Morgan fingerprint density at radius 3 is 2.59 bits per heavy atom. The van der Waals surface area contributed by atoms with Crippen LogP contribution in [0.15, 0.2) is 0 Å². The highest BCUT2D eigenvalue weighted by molar-refractivity contribution is 6.05. The maximum atomic E-state index is 12.0. The van der Waals surface area contributed by atoms with E-state index in [1.807, 2.05) is 6.92 Å². The van der Waals surface area contributed by atoms with Gasteiger partial charge in [0.2, 0.25) is 11.8 Å². The Kier molecular flexibility index (Phi) is 3.49. The molecule has 0 aromatic heterocycles. The van der Waals surface area contributed by atoms with E-state index < -0.39 is 0 Å². The van der Waals surface area contributed by atoms with E-state index in [1.54, 1.807) is 7.05 Å². The van der Waals surface area contributed by atoms with Gasteiger partial charge in [0.25, 0.3) is 0 Å². The Morgan fingerprint density at radius 1 is 1.35 bits per heavy atom. The first-order chi connectivity index (χ1) is 8.02. The predicted molar refractivity (Wildman–Crippen MR) is 64.2 cm³/mol. The second-order valence-electron chi connectivity index (χ2n) is 5.17. The zero-order valence-electron chi connectivity index (χ0n) is 10.6. The molecule has 2 N–H and O–H groups in total. The lowest BCUT2D eigenvalue weighted by atomic mass is 9.94. The van der Waals surface area contributed by atoms with Gasteiger partial charge in [0, 0.05) is 19.1 Å². The van der Waals surface area contributed by atoms with Crippen LogP contribution in [0.5, 0.6) is 0 Å². The smallest absolute Gasteiger partial charge is 0.246 e. The van der Waals surface area contributed by atoms with Gasteiger partial charge in [-0.25, -0.2) is 0 Å². The van der Waals surface area contributed by atoms with Crippen LogP contribution in [0, 0.1) is 0 Å². The van der Waals surface area contributed by atoms with Crippen molar-refractivity contribution in [2.24, 2.45) is 5.73 Å². The number of amides is 2. The van der Waals surface area contributed by atoms with Crippen LogP contribution in [-0.2, 0) is 9.59 Å². The molecule has 2 aliphatic rings. The average Bonchev–Trinajstić information content (AvgIpc) is 2.57. The van der Waals surface area contributed by atoms with Gasteiger partial charge in [0.05, 0.1) is 12.5 Å². The van der Waals surface area contributed by atoms with E-state index in [4.69, 9.17) is 5.73 Å². The topological polar surface area (TPSA) is 66.6 Å². The minimum Gasteiger partial charge on any atom is -0.327 e. The van der Waals surface area contributed by atoms with Gasteiger partial charge in [-0.1, -0.05) is 6.42 Å². The van der Waals surface area contributed by atoms with Crippen LogP contribution in [0.2, 0.25) is 0 Å². The third-order valence-electron chi connectivity index (χ3n) is 3.96. The normalized spacial score (nSPS) is 33.2. The molecular formula is C12H21N3O2. The Bertz CT molecular complexity index is 330. The summed E-state index contributed by atoms with van der Waals surface area (Å²) in [4.78, 5) is 27.0. The van der Waals surface area contributed by atoms with Crippen molar-refractivity contribution in [3.05, 3.63) is 0 Å². The van der Waals surface area contributed by atoms with Crippen LogP contribution < -0.4 is 5.73 Å². The van der Waals surface area contributed by atoms with Crippen molar-refractivity contribution in [3.63, 3.8) is 0 Å². The molecule has 2 fully saturated rings. The first kappa shape index (κ1) is 12.5. The van der Waals surface area contributed by atoms with E-state index in [0.717, 1.165) is 25.8 Å². The van der Waals surface area contributed by atoms with Crippen LogP contribution >= 0.6 is 0 Å². The SMILES string of the molecule is CC(N)C1CCCCN1C1CC(=O)N(C)C1=O. The summed E-state index contributed by atoms with van der Waals surface area (Å²) in [6, 6.07) is 0.00454. The van der Waals surface area contributed by atoms with Gasteiger partial charge in [0.15, 0.2) is 0 Å². The number of likely N-dealkylation sites (tertiary alicyclic amines) is 2. The van der Waals surface area contributed by atoms with Crippen molar-refractivity contribution in [1.82, 2.24) is 9.80 Å². The van der Waals surface area contributed by atoms with E-state index in [-0.39, 0.29) is 29.9 Å². The quantitative estimate of drug-likeness (QED) is 0.686.